The van der Waals surface area contributed by atoms with Gasteiger partial charge in [-0.25, -0.2) is 8.42 Å². The van der Waals surface area contributed by atoms with Crippen molar-refractivity contribution in [3.05, 3.63) is 65.7 Å². The molecule has 0 bridgehead atoms. The van der Waals surface area contributed by atoms with Crippen LogP contribution in [0, 0.1) is 0 Å². The molecule has 0 spiro atoms. The lowest BCUT2D eigenvalue weighted by molar-refractivity contribution is 0.101. The largest absolute Gasteiger partial charge is 0.326 e. The monoisotopic (exact) mass is 344 g/mol. The van der Waals surface area contributed by atoms with E-state index in [1.807, 2.05) is 30.3 Å². The van der Waals surface area contributed by atoms with Crippen molar-refractivity contribution in [1.29, 1.82) is 0 Å². The van der Waals surface area contributed by atoms with E-state index < -0.39 is 10.0 Å². The van der Waals surface area contributed by atoms with Gasteiger partial charge in [-0.2, -0.15) is 4.31 Å². The van der Waals surface area contributed by atoms with E-state index >= 15 is 0 Å². The van der Waals surface area contributed by atoms with E-state index in [1.165, 1.54) is 23.4 Å². The molecule has 2 N–H and O–H groups in total. The molecule has 1 fully saturated rings. The maximum absolute atomic E-state index is 12.8. The van der Waals surface area contributed by atoms with Gasteiger partial charge in [-0.15, -0.1) is 0 Å². The first-order valence-corrected chi connectivity index (χ1v) is 9.25. The second-order valence-corrected chi connectivity index (χ2v) is 8.02. The van der Waals surface area contributed by atoms with Gasteiger partial charge in [0, 0.05) is 30.6 Å². The minimum absolute atomic E-state index is 0.0162. The lowest BCUT2D eigenvalue weighted by Gasteiger charge is -2.16. The van der Waals surface area contributed by atoms with Gasteiger partial charge >= 0.3 is 0 Å². The van der Waals surface area contributed by atoms with Crippen LogP contribution in [-0.2, 0) is 10.0 Å². The first-order chi connectivity index (χ1) is 11.4. The summed E-state index contributed by atoms with van der Waals surface area (Å²) in [6.45, 7) is 2.10. The molecule has 3 rings (SSSR count). The zero-order valence-electron chi connectivity index (χ0n) is 13.4. The summed E-state index contributed by atoms with van der Waals surface area (Å²) in [5, 5.41) is 0. The van der Waals surface area contributed by atoms with Crippen molar-refractivity contribution in [2.75, 3.05) is 13.1 Å². The van der Waals surface area contributed by atoms with Crippen molar-refractivity contribution in [3.8, 4) is 0 Å². The minimum Gasteiger partial charge on any atom is -0.326 e. The van der Waals surface area contributed by atoms with Crippen molar-refractivity contribution >= 4 is 15.8 Å². The van der Waals surface area contributed by atoms with Crippen LogP contribution in [0.5, 0.6) is 0 Å². The molecule has 126 valence electrons. The van der Waals surface area contributed by atoms with Gasteiger partial charge in [-0.05, 0) is 24.6 Å². The highest BCUT2D eigenvalue weighted by Crippen LogP contribution is 2.30. The Kier molecular flexibility index (Phi) is 4.54. The van der Waals surface area contributed by atoms with Crippen LogP contribution in [0.25, 0.3) is 0 Å². The molecule has 24 heavy (non-hydrogen) atoms. The van der Waals surface area contributed by atoms with E-state index in [0.29, 0.717) is 12.1 Å². The molecular formula is C18H20N2O3S. The van der Waals surface area contributed by atoms with Crippen LogP contribution >= 0.6 is 0 Å². The number of Topliss-reactive ketones (excluding diaryl/α,β-unsaturated/α-hetero) is 1. The highest BCUT2D eigenvalue weighted by Gasteiger charge is 2.38. The quantitative estimate of drug-likeness (QED) is 0.860. The molecule has 0 unspecified atom stereocenters. The number of carbonyl (C=O) groups excluding carboxylic acids is 1. The Labute approximate surface area is 142 Å². The molecule has 1 aliphatic heterocycles. The number of sulfonamides is 1. The fourth-order valence-corrected chi connectivity index (χ4v) is 4.55. The van der Waals surface area contributed by atoms with E-state index in [2.05, 4.69) is 0 Å². The van der Waals surface area contributed by atoms with Crippen molar-refractivity contribution in [2.24, 2.45) is 5.73 Å². The first-order valence-electron chi connectivity index (χ1n) is 7.81. The number of nitrogens with two attached hydrogens (primary N) is 1. The molecule has 1 aliphatic rings. The van der Waals surface area contributed by atoms with Crippen LogP contribution in [-0.4, -0.2) is 37.6 Å². The van der Waals surface area contributed by atoms with E-state index in [4.69, 9.17) is 5.73 Å². The maximum Gasteiger partial charge on any atom is 0.243 e. The molecule has 0 aromatic heterocycles. The molecule has 2 aromatic rings. The summed E-state index contributed by atoms with van der Waals surface area (Å²) in [6, 6.07) is 15.5. The Bertz CT molecular complexity index is 832. The summed E-state index contributed by atoms with van der Waals surface area (Å²) in [5.41, 5.74) is 7.73. The molecular weight excluding hydrogens is 324 g/mol. The number of hydrogen-bond acceptors (Lipinski definition) is 4. The number of carbonyl (C=O) groups is 1. The Morgan fingerprint density at radius 3 is 2.25 bits per heavy atom. The third-order valence-electron chi connectivity index (χ3n) is 4.46. The van der Waals surface area contributed by atoms with Crippen molar-refractivity contribution < 1.29 is 13.2 Å². The SMILES string of the molecule is CC(=O)c1ccc(S(=O)(=O)N2C[C@@H](N)[C@H](c3ccccc3)C2)cc1. The molecule has 1 heterocycles. The van der Waals surface area contributed by atoms with Crippen LogP contribution in [0.2, 0.25) is 0 Å². The Hall–Kier alpha value is -2.02. The highest BCUT2D eigenvalue weighted by molar-refractivity contribution is 7.89. The normalized spacial score (nSPS) is 21.8. The van der Waals surface area contributed by atoms with Crippen molar-refractivity contribution in [2.45, 2.75) is 23.8 Å². The zero-order chi connectivity index (χ0) is 17.3. The number of ketones is 1. The third kappa shape index (κ3) is 3.13. The Balaban J connectivity index is 1.84. The second-order valence-electron chi connectivity index (χ2n) is 6.08. The maximum atomic E-state index is 12.8. The molecule has 2 atom stereocenters. The van der Waals surface area contributed by atoms with E-state index in [9.17, 15) is 13.2 Å². The number of hydrogen-bond donors (Lipinski definition) is 1. The minimum atomic E-state index is -3.61. The second kappa shape index (κ2) is 6.47. The van der Waals surface area contributed by atoms with Crippen LogP contribution < -0.4 is 5.73 Å². The van der Waals surface area contributed by atoms with Gasteiger partial charge in [0.2, 0.25) is 10.0 Å². The van der Waals surface area contributed by atoms with Gasteiger partial charge < -0.3 is 5.73 Å². The molecule has 0 amide bonds. The molecule has 0 aliphatic carbocycles. The topological polar surface area (TPSA) is 80.5 Å². The Morgan fingerprint density at radius 2 is 1.67 bits per heavy atom. The fraction of sp³-hybridized carbons (Fsp3) is 0.278. The van der Waals surface area contributed by atoms with Crippen LogP contribution in [0.1, 0.15) is 28.8 Å². The summed E-state index contributed by atoms with van der Waals surface area (Å²) in [4.78, 5) is 11.5. The summed E-state index contributed by atoms with van der Waals surface area (Å²) in [5.74, 6) is -0.108. The number of nitrogens with zero attached hydrogens (tertiary/aromatic N) is 1. The molecule has 6 heteroatoms. The van der Waals surface area contributed by atoms with Gasteiger partial charge in [0.15, 0.2) is 5.78 Å². The van der Waals surface area contributed by atoms with Gasteiger partial charge in [-0.3, -0.25) is 4.79 Å². The standard InChI is InChI=1S/C18H20N2O3S/c1-13(21)14-7-9-16(10-8-14)24(22,23)20-11-17(18(19)12-20)15-5-3-2-4-6-15/h2-10,17-18H,11-12,19H2,1H3/t17-,18+/m0/s1. The van der Waals surface area contributed by atoms with Crippen molar-refractivity contribution in [3.63, 3.8) is 0 Å². The molecule has 5 nitrogen and oxygen atoms in total. The average molecular weight is 344 g/mol. The molecule has 1 saturated heterocycles. The van der Waals surface area contributed by atoms with Gasteiger partial charge in [0.1, 0.15) is 0 Å². The number of benzene rings is 2. The lowest BCUT2D eigenvalue weighted by Crippen LogP contribution is -2.32. The van der Waals surface area contributed by atoms with Gasteiger partial charge in [-0.1, -0.05) is 42.5 Å². The first kappa shape index (κ1) is 16.8. The number of rotatable bonds is 4. The predicted octanol–water partition coefficient (Wildman–Crippen LogP) is 2.00. The van der Waals surface area contributed by atoms with Gasteiger partial charge in [0.25, 0.3) is 0 Å². The molecule has 0 saturated carbocycles. The lowest BCUT2D eigenvalue weighted by atomic mass is 9.95. The summed E-state index contributed by atoms with van der Waals surface area (Å²) < 4.78 is 27.1. The highest BCUT2D eigenvalue weighted by atomic mass is 32.2. The molecule has 0 radical (unpaired) electrons. The van der Waals surface area contributed by atoms with Crippen LogP contribution in [0.15, 0.2) is 59.5 Å². The smallest absolute Gasteiger partial charge is 0.243 e. The van der Waals surface area contributed by atoms with Gasteiger partial charge in [0.05, 0.1) is 4.90 Å². The third-order valence-corrected chi connectivity index (χ3v) is 6.30. The van der Waals surface area contributed by atoms with Crippen molar-refractivity contribution in [1.82, 2.24) is 4.31 Å². The molecule has 2 aromatic carbocycles. The average Bonchev–Trinajstić information content (AvgIpc) is 2.98. The van der Waals surface area contributed by atoms with Crippen LogP contribution in [0.4, 0.5) is 0 Å². The predicted molar refractivity (Wildman–Crippen MR) is 92.4 cm³/mol. The fourth-order valence-electron chi connectivity index (χ4n) is 3.05. The summed E-state index contributed by atoms with van der Waals surface area (Å²) in [6.07, 6.45) is 0. The van der Waals surface area contributed by atoms with Crippen LogP contribution in [0.3, 0.4) is 0 Å². The zero-order valence-corrected chi connectivity index (χ0v) is 14.2. The van der Waals surface area contributed by atoms with E-state index in [-0.39, 0.29) is 29.2 Å². The van der Waals surface area contributed by atoms with E-state index in [0.717, 1.165) is 5.56 Å². The Morgan fingerprint density at radius 1 is 1.04 bits per heavy atom. The summed E-state index contributed by atoms with van der Waals surface area (Å²) >= 11 is 0. The van der Waals surface area contributed by atoms with E-state index in [1.54, 1.807) is 12.1 Å². The summed E-state index contributed by atoms with van der Waals surface area (Å²) in [7, 11) is -3.61.